The second-order valence-corrected chi connectivity index (χ2v) is 6.13. The van der Waals surface area contributed by atoms with Crippen LogP contribution in [0.2, 0.25) is 0 Å². The summed E-state index contributed by atoms with van der Waals surface area (Å²) in [6.07, 6.45) is -0.101. The van der Waals surface area contributed by atoms with Crippen molar-refractivity contribution < 1.29 is 9.90 Å². The number of aryl methyl sites for hydroxylation is 1. The van der Waals surface area contributed by atoms with Crippen LogP contribution < -0.4 is 15.5 Å². The Balaban J connectivity index is 1.73. The Hall–Kier alpha value is -2.67. The molecule has 1 heterocycles. The largest absolute Gasteiger partial charge is 0.390 e. The second kappa shape index (κ2) is 6.45. The van der Waals surface area contributed by atoms with E-state index in [0.29, 0.717) is 12.2 Å². The summed E-state index contributed by atoms with van der Waals surface area (Å²) < 4.78 is 0. The molecular weight excluding hydrogens is 306 g/mol. The Kier molecular flexibility index (Phi) is 4.35. The Morgan fingerprint density at radius 2 is 2.04 bits per heavy atom. The topological polar surface area (TPSA) is 90.4 Å². The van der Waals surface area contributed by atoms with Crippen LogP contribution in [0.3, 0.4) is 0 Å². The van der Waals surface area contributed by atoms with Crippen LogP contribution in [0.25, 0.3) is 0 Å². The Morgan fingerprint density at radius 1 is 1.29 bits per heavy atom. The summed E-state index contributed by atoms with van der Waals surface area (Å²) in [6, 6.07) is 8.67. The number of carbonyl (C=O) groups is 1. The third kappa shape index (κ3) is 3.30. The third-order valence-corrected chi connectivity index (χ3v) is 4.01. The average molecular weight is 327 g/mol. The van der Waals surface area contributed by atoms with Gasteiger partial charge in [-0.15, -0.1) is 0 Å². The smallest absolute Gasteiger partial charge is 0.322 e. The minimum Gasteiger partial charge on any atom is -0.390 e. The Morgan fingerprint density at radius 3 is 2.79 bits per heavy atom. The lowest BCUT2D eigenvalue weighted by Crippen LogP contribution is -2.37. The molecule has 0 aliphatic heterocycles. The van der Waals surface area contributed by atoms with E-state index in [1.807, 2.05) is 56.3 Å². The summed E-state index contributed by atoms with van der Waals surface area (Å²) in [5, 5.41) is 15.7. The number of aliphatic hydroxyl groups is 1. The molecule has 7 nitrogen and oxygen atoms in total. The number of carbonyl (C=O) groups excluding carboxylic acids is 1. The fraction of sp³-hybridized carbons (Fsp3) is 0.353. The number of aromatic nitrogens is 2. The molecule has 1 aliphatic rings. The van der Waals surface area contributed by atoms with Gasteiger partial charge in [0.05, 0.1) is 12.1 Å². The standard InChI is InChI=1S/C17H21N5O2/c1-10-8-14(22(2)3)19-16(18-10)21-17(24)20-15-12-7-5-4-6-11(12)9-13(15)23/h4-8,13,15,23H,9H2,1-3H3,(H2,18,19,20,21,24)/t13-,15+/m1/s1. The summed E-state index contributed by atoms with van der Waals surface area (Å²) in [7, 11) is 3.74. The molecule has 0 saturated carbocycles. The van der Waals surface area contributed by atoms with E-state index in [0.717, 1.165) is 16.8 Å². The molecule has 0 spiro atoms. The van der Waals surface area contributed by atoms with Gasteiger partial charge in [-0.3, -0.25) is 5.32 Å². The van der Waals surface area contributed by atoms with Crippen LogP contribution in [0.1, 0.15) is 22.9 Å². The van der Waals surface area contributed by atoms with Gasteiger partial charge in [-0.25, -0.2) is 9.78 Å². The zero-order chi connectivity index (χ0) is 17.3. The van der Waals surface area contributed by atoms with Crippen LogP contribution in [-0.4, -0.2) is 41.3 Å². The number of benzene rings is 1. The minimum atomic E-state index is -0.635. The maximum atomic E-state index is 12.3. The van der Waals surface area contributed by atoms with Crippen LogP contribution in [0.15, 0.2) is 30.3 Å². The number of hydrogen-bond acceptors (Lipinski definition) is 5. The number of fused-ring (bicyclic) bond motifs is 1. The van der Waals surface area contributed by atoms with Gasteiger partial charge in [0.25, 0.3) is 0 Å². The number of anilines is 2. The van der Waals surface area contributed by atoms with E-state index in [1.54, 1.807) is 0 Å². The molecule has 2 atom stereocenters. The number of amides is 2. The van der Waals surface area contributed by atoms with Crippen LogP contribution in [0, 0.1) is 6.92 Å². The highest BCUT2D eigenvalue weighted by Crippen LogP contribution is 2.31. The molecule has 2 aromatic rings. The number of rotatable bonds is 3. The predicted octanol–water partition coefficient (Wildman–Crippen LogP) is 1.63. The van der Waals surface area contributed by atoms with Crippen molar-refractivity contribution in [1.82, 2.24) is 15.3 Å². The third-order valence-electron chi connectivity index (χ3n) is 4.01. The molecule has 126 valence electrons. The van der Waals surface area contributed by atoms with Crippen LogP contribution in [0.5, 0.6) is 0 Å². The summed E-state index contributed by atoms with van der Waals surface area (Å²) >= 11 is 0. The van der Waals surface area contributed by atoms with Gasteiger partial charge >= 0.3 is 6.03 Å². The van der Waals surface area contributed by atoms with Crippen molar-refractivity contribution >= 4 is 17.8 Å². The molecule has 0 saturated heterocycles. The molecule has 0 bridgehead atoms. The van der Waals surface area contributed by atoms with Gasteiger partial charge in [0, 0.05) is 32.3 Å². The van der Waals surface area contributed by atoms with E-state index < -0.39 is 18.2 Å². The Bertz CT molecular complexity index is 762. The van der Waals surface area contributed by atoms with Crippen molar-refractivity contribution in [2.45, 2.75) is 25.5 Å². The average Bonchev–Trinajstić information content (AvgIpc) is 2.82. The molecule has 3 N–H and O–H groups in total. The van der Waals surface area contributed by atoms with Crippen molar-refractivity contribution in [1.29, 1.82) is 0 Å². The van der Waals surface area contributed by atoms with E-state index in [1.165, 1.54) is 0 Å². The number of nitrogens with zero attached hydrogens (tertiary/aromatic N) is 3. The number of urea groups is 1. The normalized spacial score (nSPS) is 18.8. The molecule has 0 unspecified atom stereocenters. The molecular formula is C17H21N5O2. The first kappa shape index (κ1) is 16.2. The summed E-state index contributed by atoms with van der Waals surface area (Å²) in [4.78, 5) is 22.6. The van der Waals surface area contributed by atoms with Gasteiger partial charge in [0.1, 0.15) is 5.82 Å². The second-order valence-electron chi connectivity index (χ2n) is 6.13. The minimum absolute atomic E-state index is 0.233. The van der Waals surface area contributed by atoms with E-state index in [2.05, 4.69) is 20.6 Å². The highest BCUT2D eigenvalue weighted by atomic mass is 16.3. The predicted molar refractivity (Wildman–Crippen MR) is 92.1 cm³/mol. The van der Waals surface area contributed by atoms with Gasteiger partial charge in [-0.1, -0.05) is 24.3 Å². The number of nitrogens with one attached hydrogen (secondary N) is 2. The summed E-state index contributed by atoms with van der Waals surface area (Å²) in [5.41, 5.74) is 2.76. The highest BCUT2D eigenvalue weighted by molar-refractivity contribution is 5.88. The zero-order valence-corrected chi connectivity index (χ0v) is 13.9. The molecule has 0 fully saturated rings. The number of hydrogen-bond donors (Lipinski definition) is 3. The van der Waals surface area contributed by atoms with E-state index in [9.17, 15) is 9.90 Å². The zero-order valence-electron chi connectivity index (χ0n) is 13.9. The molecule has 7 heteroatoms. The van der Waals surface area contributed by atoms with Crippen LogP contribution >= 0.6 is 0 Å². The Labute approximate surface area is 140 Å². The van der Waals surface area contributed by atoms with Crippen molar-refractivity contribution in [3.8, 4) is 0 Å². The quantitative estimate of drug-likeness (QED) is 0.797. The van der Waals surface area contributed by atoms with Crippen molar-refractivity contribution in [2.75, 3.05) is 24.3 Å². The van der Waals surface area contributed by atoms with E-state index in [4.69, 9.17) is 0 Å². The first-order valence-corrected chi connectivity index (χ1v) is 7.80. The maximum absolute atomic E-state index is 12.3. The summed E-state index contributed by atoms with van der Waals surface area (Å²) in [6.45, 7) is 1.84. The first-order valence-electron chi connectivity index (χ1n) is 7.80. The van der Waals surface area contributed by atoms with Gasteiger partial charge < -0.3 is 15.3 Å². The van der Waals surface area contributed by atoms with Gasteiger partial charge in [0.15, 0.2) is 0 Å². The number of aliphatic hydroxyl groups excluding tert-OH is 1. The highest BCUT2D eigenvalue weighted by Gasteiger charge is 2.31. The maximum Gasteiger partial charge on any atom is 0.322 e. The van der Waals surface area contributed by atoms with Crippen molar-refractivity contribution in [3.05, 3.63) is 47.2 Å². The molecule has 0 radical (unpaired) electrons. The molecule has 1 aromatic heterocycles. The van der Waals surface area contributed by atoms with Crippen molar-refractivity contribution in [3.63, 3.8) is 0 Å². The lowest BCUT2D eigenvalue weighted by Gasteiger charge is -2.18. The van der Waals surface area contributed by atoms with Gasteiger partial charge in [-0.2, -0.15) is 4.98 Å². The fourth-order valence-corrected chi connectivity index (χ4v) is 2.86. The first-order chi connectivity index (χ1) is 11.4. The molecule has 24 heavy (non-hydrogen) atoms. The van der Waals surface area contributed by atoms with Crippen molar-refractivity contribution in [2.24, 2.45) is 0 Å². The lowest BCUT2D eigenvalue weighted by molar-refractivity contribution is 0.144. The van der Waals surface area contributed by atoms with Crippen LogP contribution in [0.4, 0.5) is 16.6 Å². The van der Waals surface area contributed by atoms with Crippen LogP contribution in [-0.2, 0) is 6.42 Å². The molecule has 3 rings (SSSR count). The fourth-order valence-electron chi connectivity index (χ4n) is 2.86. The van der Waals surface area contributed by atoms with Gasteiger partial charge in [-0.05, 0) is 18.1 Å². The molecule has 2 amide bonds. The molecule has 1 aliphatic carbocycles. The SMILES string of the molecule is Cc1cc(N(C)C)nc(NC(=O)N[C@H]2c3ccccc3C[C@H]2O)n1. The monoisotopic (exact) mass is 327 g/mol. The summed E-state index contributed by atoms with van der Waals surface area (Å²) in [5.74, 6) is 0.945. The molecule has 1 aromatic carbocycles. The van der Waals surface area contributed by atoms with Gasteiger partial charge in [0.2, 0.25) is 5.95 Å². The van der Waals surface area contributed by atoms with E-state index >= 15 is 0 Å². The lowest BCUT2D eigenvalue weighted by atomic mass is 10.1. The van der Waals surface area contributed by atoms with E-state index in [-0.39, 0.29) is 5.95 Å².